The lowest BCUT2D eigenvalue weighted by molar-refractivity contribution is -0.117. The number of primary amides is 1. The first kappa shape index (κ1) is 10.1. The van der Waals surface area contributed by atoms with Crippen molar-refractivity contribution in [3.63, 3.8) is 0 Å². The maximum atomic E-state index is 10.4. The van der Waals surface area contributed by atoms with E-state index in [1.165, 1.54) is 0 Å². The van der Waals surface area contributed by atoms with Crippen molar-refractivity contribution in [3.8, 4) is 17.6 Å². The molecule has 0 heterocycles. The van der Waals surface area contributed by atoms with Crippen LogP contribution in [0.4, 0.5) is 0 Å². The zero-order chi connectivity index (χ0) is 10.6. The molecule has 0 aliphatic heterocycles. The van der Waals surface area contributed by atoms with Gasteiger partial charge in [-0.05, 0) is 30.7 Å². The van der Waals surface area contributed by atoms with Crippen LogP contribution < -0.4 is 5.73 Å². The van der Waals surface area contributed by atoms with Crippen LogP contribution in [0, 0.1) is 18.8 Å². The second-order valence-corrected chi connectivity index (χ2v) is 2.95. The molecule has 0 radical (unpaired) electrons. The van der Waals surface area contributed by atoms with Crippen LogP contribution in [0.1, 0.15) is 17.5 Å². The molecule has 0 aliphatic carbocycles. The number of nitrogens with two attached hydrogens (primary N) is 1. The maximum absolute atomic E-state index is 10.4. The van der Waals surface area contributed by atoms with E-state index >= 15 is 0 Å². The summed E-state index contributed by atoms with van der Waals surface area (Å²) < 4.78 is 0. The highest BCUT2D eigenvalue weighted by molar-refractivity contribution is 5.76. The van der Waals surface area contributed by atoms with Crippen molar-refractivity contribution in [3.05, 3.63) is 29.3 Å². The fourth-order valence-electron chi connectivity index (χ4n) is 0.967. The van der Waals surface area contributed by atoms with Crippen LogP contribution in [-0.2, 0) is 4.79 Å². The lowest BCUT2D eigenvalue weighted by Gasteiger charge is -1.97. The predicted octanol–water partition coefficient (Wildman–Crippen LogP) is 0.928. The minimum absolute atomic E-state index is 0.0555. The van der Waals surface area contributed by atoms with E-state index < -0.39 is 5.91 Å². The van der Waals surface area contributed by atoms with Crippen LogP contribution in [0.2, 0.25) is 0 Å². The molecule has 0 aromatic heterocycles. The van der Waals surface area contributed by atoms with Crippen LogP contribution >= 0.6 is 0 Å². The molecule has 1 amide bonds. The SMILES string of the molecule is Cc1cc(C#CCC(N)=O)ccc1O. The molecular weight excluding hydrogens is 178 g/mol. The van der Waals surface area contributed by atoms with Gasteiger partial charge in [0.2, 0.25) is 5.91 Å². The van der Waals surface area contributed by atoms with Crippen LogP contribution in [-0.4, -0.2) is 11.0 Å². The molecule has 0 atom stereocenters. The van der Waals surface area contributed by atoms with Crippen molar-refractivity contribution in [1.82, 2.24) is 0 Å². The summed E-state index contributed by atoms with van der Waals surface area (Å²) in [7, 11) is 0. The van der Waals surface area contributed by atoms with Crippen molar-refractivity contribution in [2.24, 2.45) is 5.73 Å². The Bertz CT molecular complexity index is 413. The number of phenols is 1. The zero-order valence-electron chi connectivity index (χ0n) is 7.87. The lowest BCUT2D eigenvalue weighted by Crippen LogP contribution is -2.08. The number of phenolic OH excluding ortho intramolecular Hbond substituents is 1. The Morgan fingerprint density at radius 3 is 2.86 bits per heavy atom. The number of aryl methyl sites for hydroxylation is 1. The van der Waals surface area contributed by atoms with Crippen molar-refractivity contribution in [2.75, 3.05) is 0 Å². The van der Waals surface area contributed by atoms with Crippen molar-refractivity contribution < 1.29 is 9.90 Å². The summed E-state index contributed by atoms with van der Waals surface area (Å²) in [6, 6.07) is 5.02. The van der Waals surface area contributed by atoms with E-state index in [1.807, 2.05) is 0 Å². The number of rotatable bonds is 1. The topological polar surface area (TPSA) is 63.3 Å². The van der Waals surface area contributed by atoms with E-state index in [-0.39, 0.29) is 12.2 Å². The van der Waals surface area contributed by atoms with Gasteiger partial charge in [-0.25, -0.2) is 0 Å². The molecule has 3 nitrogen and oxygen atoms in total. The summed E-state index contributed by atoms with van der Waals surface area (Å²) in [5, 5.41) is 9.24. The third kappa shape index (κ3) is 2.83. The van der Waals surface area contributed by atoms with Crippen LogP contribution in [0.3, 0.4) is 0 Å². The van der Waals surface area contributed by atoms with E-state index in [4.69, 9.17) is 5.73 Å². The molecule has 0 unspecified atom stereocenters. The molecule has 1 aromatic carbocycles. The fraction of sp³-hybridized carbons (Fsp3) is 0.182. The van der Waals surface area contributed by atoms with Gasteiger partial charge in [0.1, 0.15) is 5.75 Å². The number of carbonyl (C=O) groups excluding carboxylic acids is 1. The minimum atomic E-state index is -0.437. The molecule has 3 N–H and O–H groups in total. The molecule has 3 heteroatoms. The van der Waals surface area contributed by atoms with Gasteiger partial charge >= 0.3 is 0 Å². The summed E-state index contributed by atoms with van der Waals surface area (Å²) in [5.74, 6) is 5.23. The highest BCUT2D eigenvalue weighted by Crippen LogP contribution is 2.15. The van der Waals surface area contributed by atoms with Gasteiger partial charge in [-0.15, -0.1) is 0 Å². The highest BCUT2D eigenvalue weighted by atomic mass is 16.3. The Labute approximate surface area is 82.6 Å². The average Bonchev–Trinajstić information content (AvgIpc) is 2.10. The number of hydrogen-bond acceptors (Lipinski definition) is 2. The first-order valence-electron chi connectivity index (χ1n) is 4.16. The molecule has 14 heavy (non-hydrogen) atoms. The summed E-state index contributed by atoms with van der Waals surface area (Å²) in [6.45, 7) is 1.79. The van der Waals surface area contributed by atoms with Gasteiger partial charge in [0.05, 0.1) is 6.42 Å². The third-order valence-electron chi connectivity index (χ3n) is 1.69. The smallest absolute Gasteiger partial charge is 0.229 e. The van der Waals surface area contributed by atoms with E-state index in [0.717, 1.165) is 11.1 Å². The van der Waals surface area contributed by atoms with E-state index in [2.05, 4.69) is 11.8 Å². The molecule has 0 spiro atoms. The summed E-state index contributed by atoms with van der Waals surface area (Å²) >= 11 is 0. The van der Waals surface area contributed by atoms with Gasteiger partial charge in [-0.3, -0.25) is 4.79 Å². The molecule has 0 fully saturated rings. The average molecular weight is 189 g/mol. The summed E-state index contributed by atoms with van der Waals surface area (Å²) in [4.78, 5) is 10.4. The quantitative estimate of drug-likeness (QED) is 0.645. The molecule has 0 aliphatic rings. The van der Waals surface area contributed by atoms with E-state index in [1.54, 1.807) is 25.1 Å². The van der Waals surface area contributed by atoms with Crippen molar-refractivity contribution in [1.29, 1.82) is 0 Å². The Balaban J connectivity index is 2.81. The second kappa shape index (κ2) is 4.33. The first-order valence-corrected chi connectivity index (χ1v) is 4.16. The lowest BCUT2D eigenvalue weighted by atomic mass is 10.1. The minimum Gasteiger partial charge on any atom is -0.508 e. The van der Waals surface area contributed by atoms with Crippen LogP contribution in [0.5, 0.6) is 5.75 Å². The van der Waals surface area contributed by atoms with E-state index in [0.29, 0.717) is 0 Å². The first-order chi connectivity index (χ1) is 6.59. The zero-order valence-corrected chi connectivity index (χ0v) is 7.87. The Morgan fingerprint density at radius 1 is 1.57 bits per heavy atom. The highest BCUT2D eigenvalue weighted by Gasteiger charge is 1.94. The molecule has 0 bridgehead atoms. The molecule has 0 saturated heterocycles. The monoisotopic (exact) mass is 189 g/mol. The van der Waals surface area contributed by atoms with Crippen LogP contribution in [0.25, 0.3) is 0 Å². The fourth-order valence-corrected chi connectivity index (χ4v) is 0.967. The number of benzene rings is 1. The van der Waals surface area contributed by atoms with E-state index in [9.17, 15) is 9.90 Å². The normalized spacial score (nSPS) is 8.93. The second-order valence-electron chi connectivity index (χ2n) is 2.95. The van der Waals surface area contributed by atoms with Crippen LogP contribution in [0.15, 0.2) is 18.2 Å². The van der Waals surface area contributed by atoms with Gasteiger partial charge in [-0.1, -0.05) is 11.8 Å². The standard InChI is InChI=1S/C11H11NO2/c1-8-7-9(5-6-10(8)13)3-2-4-11(12)14/h5-7,13H,4H2,1H3,(H2,12,14). The van der Waals surface area contributed by atoms with Crippen molar-refractivity contribution in [2.45, 2.75) is 13.3 Å². The molecule has 72 valence electrons. The molecule has 1 rings (SSSR count). The third-order valence-corrected chi connectivity index (χ3v) is 1.69. The number of hydrogen-bond donors (Lipinski definition) is 2. The van der Waals surface area contributed by atoms with Gasteiger partial charge in [0.25, 0.3) is 0 Å². The summed E-state index contributed by atoms with van der Waals surface area (Å²) in [5.41, 5.74) is 6.45. The molecule has 1 aromatic rings. The molecular formula is C11H11NO2. The number of amides is 1. The predicted molar refractivity (Wildman–Crippen MR) is 53.5 cm³/mol. The maximum Gasteiger partial charge on any atom is 0.229 e. The Kier molecular flexibility index (Phi) is 3.14. The molecule has 0 saturated carbocycles. The largest absolute Gasteiger partial charge is 0.508 e. The van der Waals surface area contributed by atoms with Gasteiger partial charge in [-0.2, -0.15) is 0 Å². The summed E-state index contributed by atoms with van der Waals surface area (Å²) in [6.07, 6.45) is 0.0555. The van der Waals surface area contributed by atoms with Gasteiger partial charge < -0.3 is 10.8 Å². The number of aromatic hydroxyl groups is 1. The van der Waals surface area contributed by atoms with Gasteiger partial charge in [0.15, 0.2) is 0 Å². The number of carbonyl (C=O) groups is 1. The Hall–Kier alpha value is -1.95. The Morgan fingerprint density at radius 2 is 2.29 bits per heavy atom. The van der Waals surface area contributed by atoms with Gasteiger partial charge in [0, 0.05) is 5.56 Å². The van der Waals surface area contributed by atoms with Crippen molar-refractivity contribution >= 4 is 5.91 Å².